The molecule has 0 bridgehead atoms. The second-order valence-corrected chi connectivity index (χ2v) is 7.00. The summed E-state index contributed by atoms with van der Waals surface area (Å²) in [6.45, 7) is 3.62. The van der Waals surface area contributed by atoms with Crippen LogP contribution in [0.1, 0.15) is 34.1 Å². The Morgan fingerprint density at radius 1 is 1.38 bits per heavy atom. The van der Waals surface area contributed by atoms with Gasteiger partial charge in [0.25, 0.3) is 0 Å². The molecule has 130 valence electrons. The first-order valence-corrected chi connectivity index (χ1v) is 9.00. The van der Waals surface area contributed by atoms with Crippen molar-refractivity contribution < 1.29 is 19.1 Å². The van der Waals surface area contributed by atoms with Gasteiger partial charge < -0.3 is 15.4 Å². The second kappa shape index (κ2) is 7.31. The molecule has 0 aromatic carbocycles. The van der Waals surface area contributed by atoms with Gasteiger partial charge in [0.05, 0.1) is 25.3 Å². The van der Waals surface area contributed by atoms with E-state index in [1.54, 1.807) is 11.8 Å². The second-order valence-electron chi connectivity index (χ2n) is 5.89. The largest absolute Gasteiger partial charge is 0.462 e. The van der Waals surface area contributed by atoms with Crippen molar-refractivity contribution in [2.75, 3.05) is 38.1 Å². The van der Waals surface area contributed by atoms with Crippen LogP contribution in [0.25, 0.3) is 0 Å². The molecule has 2 amide bonds. The number of nitrogens with zero attached hydrogens (tertiary/aromatic N) is 1. The van der Waals surface area contributed by atoms with Crippen molar-refractivity contribution >= 4 is 34.1 Å². The normalized spacial score (nSPS) is 17.3. The fraction of sp³-hybridized carbons (Fsp3) is 0.562. The molecule has 1 aromatic heterocycles. The number of rotatable bonds is 5. The Balaban J connectivity index is 1.71. The maximum atomic E-state index is 12.3. The first-order valence-electron chi connectivity index (χ1n) is 8.19. The van der Waals surface area contributed by atoms with Gasteiger partial charge in [-0.1, -0.05) is 0 Å². The van der Waals surface area contributed by atoms with Gasteiger partial charge in [0.2, 0.25) is 11.8 Å². The van der Waals surface area contributed by atoms with Gasteiger partial charge in [-0.2, -0.15) is 0 Å². The van der Waals surface area contributed by atoms with Crippen LogP contribution in [-0.4, -0.2) is 55.5 Å². The molecule has 0 saturated carbocycles. The molecular weight excluding hydrogens is 330 g/mol. The van der Waals surface area contributed by atoms with E-state index in [0.29, 0.717) is 30.3 Å². The zero-order valence-corrected chi connectivity index (χ0v) is 14.5. The van der Waals surface area contributed by atoms with Crippen LogP contribution >= 0.6 is 11.3 Å². The molecule has 8 heteroatoms. The number of hydrogen-bond acceptors (Lipinski definition) is 6. The number of anilines is 1. The van der Waals surface area contributed by atoms with E-state index in [0.717, 1.165) is 29.7 Å². The summed E-state index contributed by atoms with van der Waals surface area (Å²) in [5.74, 6) is -0.656. The van der Waals surface area contributed by atoms with Crippen molar-refractivity contribution in [3.8, 4) is 0 Å². The van der Waals surface area contributed by atoms with E-state index >= 15 is 0 Å². The summed E-state index contributed by atoms with van der Waals surface area (Å²) in [4.78, 5) is 38.9. The Labute approximate surface area is 144 Å². The zero-order valence-electron chi connectivity index (χ0n) is 13.6. The summed E-state index contributed by atoms with van der Waals surface area (Å²) in [7, 11) is 0. The van der Waals surface area contributed by atoms with Crippen molar-refractivity contribution in [2.45, 2.75) is 26.2 Å². The van der Waals surface area contributed by atoms with Gasteiger partial charge in [-0.25, -0.2) is 4.79 Å². The number of carbonyl (C=O) groups is 3. The third kappa shape index (κ3) is 3.59. The average Bonchev–Trinajstić information content (AvgIpc) is 3.07. The average molecular weight is 351 g/mol. The highest BCUT2D eigenvalue weighted by atomic mass is 32.1. The minimum atomic E-state index is -0.371. The van der Waals surface area contributed by atoms with Crippen LogP contribution in [0.15, 0.2) is 0 Å². The Morgan fingerprint density at radius 3 is 2.96 bits per heavy atom. The van der Waals surface area contributed by atoms with Crippen LogP contribution in [0.5, 0.6) is 0 Å². The van der Waals surface area contributed by atoms with Gasteiger partial charge in [0, 0.05) is 18.0 Å². The smallest absolute Gasteiger partial charge is 0.341 e. The van der Waals surface area contributed by atoms with Crippen LogP contribution in [-0.2, 0) is 27.2 Å². The first-order chi connectivity index (χ1) is 11.6. The number of carbonyl (C=O) groups excluding carboxylic acids is 3. The number of esters is 1. The predicted molar refractivity (Wildman–Crippen MR) is 90.4 cm³/mol. The van der Waals surface area contributed by atoms with E-state index in [9.17, 15) is 14.4 Å². The number of aryl methyl sites for hydroxylation is 1. The van der Waals surface area contributed by atoms with Crippen molar-refractivity contribution in [3.63, 3.8) is 0 Å². The Kier molecular flexibility index (Phi) is 5.15. The fourth-order valence-corrected chi connectivity index (χ4v) is 4.40. The van der Waals surface area contributed by atoms with E-state index in [1.165, 1.54) is 11.3 Å². The van der Waals surface area contributed by atoms with E-state index in [1.807, 2.05) is 0 Å². The minimum absolute atomic E-state index is 0.0728. The molecule has 1 aliphatic heterocycles. The van der Waals surface area contributed by atoms with Crippen LogP contribution < -0.4 is 10.6 Å². The SMILES string of the molecule is CCOC(=O)c1c(NC(=O)CN2CCNC(=O)C2)sc2c1CCC2. The number of piperazine rings is 1. The Bertz CT molecular complexity index is 671. The molecule has 2 N–H and O–H groups in total. The van der Waals surface area contributed by atoms with Crippen LogP contribution in [0.3, 0.4) is 0 Å². The molecule has 24 heavy (non-hydrogen) atoms. The number of nitrogens with one attached hydrogen (secondary N) is 2. The molecule has 3 rings (SSSR count). The summed E-state index contributed by atoms with van der Waals surface area (Å²) in [6.07, 6.45) is 2.82. The lowest BCUT2D eigenvalue weighted by Gasteiger charge is -2.25. The topological polar surface area (TPSA) is 87.7 Å². The Morgan fingerprint density at radius 2 is 2.21 bits per heavy atom. The van der Waals surface area contributed by atoms with Crippen molar-refractivity contribution in [3.05, 3.63) is 16.0 Å². The lowest BCUT2D eigenvalue weighted by molar-refractivity contribution is -0.125. The monoisotopic (exact) mass is 351 g/mol. The summed E-state index contributed by atoms with van der Waals surface area (Å²) in [5.41, 5.74) is 1.53. The molecule has 1 aromatic rings. The molecule has 0 radical (unpaired) electrons. The molecule has 7 nitrogen and oxygen atoms in total. The predicted octanol–water partition coefficient (Wildman–Crippen LogP) is 0.784. The summed E-state index contributed by atoms with van der Waals surface area (Å²) in [5, 5.41) is 6.15. The number of amides is 2. The van der Waals surface area contributed by atoms with Gasteiger partial charge in [-0.05, 0) is 31.7 Å². The zero-order chi connectivity index (χ0) is 17.1. The third-order valence-electron chi connectivity index (χ3n) is 4.14. The van der Waals surface area contributed by atoms with E-state index in [4.69, 9.17) is 4.74 Å². The lowest BCUT2D eigenvalue weighted by atomic mass is 10.1. The molecule has 2 heterocycles. The van der Waals surface area contributed by atoms with Crippen LogP contribution in [0.2, 0.25) is 0 Å². The number of hydrogen-bond donors (Lipinski definition) is 2. The van der Waals surface area contributed by atoms with E-state index < -0.39 is 0 Å². The van der Waals surface area contributed by atoms with Gasteiger partial charge in [0.1, 0.15) is 5.00 Å². The van der Waals surface area contributed by atoms with Gasteiger partial charge in [-0.3, -0.25) is 14.5 Å². The number of ether oxygens (including phenoxy) is 1. The molecule has 1 fully saturated rings. The third-order valence-corrected chi connectivity index (χ3v) is 5.35. The lowest BCUT2D eigenvalue weighted by Crippen LogP contribution is -2.49. The summed E-state index contributed by atoms with van der Waals surface area (Å²) >= 11 is 1.46. The Hall–Kier alpha value is -1.93. The van der Waals surface area contributed by atoms with E-state index in [-0.39, 0.29) is 30.9 Å². The maximum absolute atomic E-state index is 12.3. The molecule has 0 spiro atoms. The molecule has 0 unspecified atom stereocenters. The van der Waals surface area contributed by atoms with Crippen molar-refractivity contribution in [1.82, 2.24) is 10.2 Å². The van der Waals surface area contributed by atoms with Gasteiger partial charge in [0.15, 0.2) is 0 Å². The maximum Gasteiger partial charge on any atom is 0.341 e. The summed E-state index contributed by atoms with van der Waals surface area (Å²) in [6, 6.07) is 0. The van der Waals surface area contributed by atoms with Crippen molar-refractivity contribution in [2.24, 2.45) is 0 Å². The molecular formula is C16H21N3O4S. The number of fused-ring (bicyclic) bond motifs is 1. The highest BCUT2D eigenvalue weighted by molar-refractivity contribution is 7.17. The fourth-order valence-electron chi connectivity index (χ4n) is 3.11. The molecule has 1 saturated heterocycles. The van der Waals surface area contributed by atoms with Crippen molar-refractivity contribution in [1.29, 1.82) is 0 Å². The molecule has 2 aliphatic rings. The van der Waals surface area contributed by atoms with Crippen LogP contribution in [0.4, 0.5) is 5.00 Å². The minimum Gasteiger partial charge on any atom is -0.462 e. The standard InChI is InChI=1S/C16H21N3O4S/c1-2-23-16(22)14-10-4-3-5-11(10)24-15(14)18-13(21)9-19-7-6-17-12(20)8-19/h2-9H2,1H3,(H,17,20)(H,18,21). The van der Waals surface area contributed by atoms with Crippen LogP contribution in [0, 0.1) is 0 Å². The molecule has 0 atom stereocenters. The summed E-state index contributed by atoms with van der Waals surface area (Å²) < 4.78 is 5.15. The quantitative estimate of drug-likeness (QED) is 0.766. The highest BCUT2D eigenvalue weighted by Gasteiger charge is 2.28. The highest BCUT2D eigenvalue weighted by Crippen LogP contribution is 2.39. The first kappa shape index (κ1) is 16.9. The van der Waals surface area contributed by atoms with Gasteiger partial charge >= 0.3 is 5.97 Å². The van der Waals surface area contributed by atoms with Gasteiger partial charge in [-0.15, -0.1) is 11.3 Å². The van der Waals surface area contributed by atoms with E-state index in [2.05, 4.69) is 10.6 Å². The molecule has 1 aliphatic carbocycles. The number of thiophene rings is 1.